The van der Waals surface area contributed by atoms with E-state index in [1.54, 1.807) is 18.1 Å². The highest BCUT2D eigenvalue weighted by Gasteiger charge is 2.18. The molecule has 0 radical (unpaired) electrons. The van der Waals surface area contributed by atoms with E-state index in [9.17, 15) is 4.79 Å². The van der Waals surface area contributed by atoms with Gasteiger partial charge in [-0.1, -0.05) is 55.5 Å². The van der Waals surface area contributed by atoms with Crippen LogP contribution >= 0.6 is 0 Å². The summed E-state index contributed by atoms with van der Waals surface area (Å²) in [6, 6.07) is 18.0. The van der Waals surface area contributed by atoms with E-state index in [4.69, 9.17) is 4.74 Å². The molecule has 2 nitrogen and oxygen atoms in total. The second-order valence-electron chi connectivity index (χ2n) is 7.29. The molecule has 2 unspecified atom stereocenters. The van der Waals surface area contributed by atoms with Crippen LogP contribution in [0.4, 0.5) is 0 Å². The van der Waals surface area contributed by atoms with Gasteiger partial charge in [0.2, 0.25) is 0 Å². The fraction of sp³-hybridized carbons (Fsp3) is 0.292. The van der Waals surface area contributed by atoms with Crippen LogP contribution in [0.25, 0.3) is 21.5 Å². The Balaban J connectivity index is 0.000000204. The average Bonchev–Trinajstić information content (AvgIpc) is 3.05. The maximum atomic E-state index is 10.4. The summed E-state index contributed by atoms with van der Waals surface area (Å²) >= 11 is 0. The van der Waals surface area contributed by atoms with Crippen molar-refractivity contribution in [1.29, 1.82) is 0 Å². The molecule has 0 saturated carbocycles. The number of ketones is 1. The Kier molecular flexibility index (Phi) is 4.50. The molecule has 2 atom stereocenters. The highest BCUT2D eigenvalue weighted by atomic mass is 16.5. The van der Waals surface area contributed by atoms with Gasteiger partial charge in [-0.2, -0.15) is 0 Å². The van der Waals surface area contributed by atoms with Crippen molar-refractivity contribution in [1.82, 2.24) is 0 Å². The van der Waals surface area contributed by atoms with Crippen molar-refractivity contribution in [3.63, 3.8) is 0 Å². The summed E-state index contributed by atoms with van der Waals surface area (Å²) in [6.07, 6.45) is 6.54. The molecular formula is C24H24O2. The number of ether oxygens (including phenoxy) is 1. The first-order valence-corrected chi connectivity index (χ1v) is 9.44. The molecule has 0 N–H and O–H groups in total. The molecule has 3 aromatic rings. The van der Waals surface area contributed by atoms with Crippen LogP contribution in [0.2, 0.25) is 0 Å². The third-order valence-electron chi connectivity index (χ3n) is 5.58. The van der Waals surface area contributed by atoms with Gasteiger partial charge in [-0.3, -0.25) is 4.79 Å². The van der Waals surface area contributed by atoms with Gasteiger partial charge in [-0.05, 0) is 64.8 Å². The van der Waals surface area contributed by atoms with Crippen molar-refractivity contribution in [3.8, 4) is 0 Å². The number of hydrogen-bond donors (Lipinski definition) is 0. The van der Waals surface area contributed by atoms with Crippen LogP contribution in [0, 0.1) is 0 Å². The highest BCUT2D eigenvalue weighted by molar-refractivity contribution is 6.08. The molecule has 0 fully saturated rings. The Morgan fingerprint density at radius 2 is 1.73 bits per heavy atom. The highest BCUT2D eigenvalue weighted by Crippen LogP contribution is 2.37. The van der Waals surface area contributed by atoms with Crippen LogP contribution in [0.1, 0.15) is 43.7 Å². The van der Waals surface area contributed by atoms with Crippen LogP contribution in [-0.4, -0.2) is 11.9 Å². The van der Waals surface area contributed by atoms with Crippen molar-refractivity contribution < 1.29 is 9.53 Å². The molecular weight excluding hydrogens is 320 g/mol. The van der Waals surface area contributed by atoms with E-state index in [2.05, 4.69) is 55.5 Å². The number of aryl methyl sites for hydroxylation is 1. The molecule has 0 amide bonds. The van der Waals surface area contributed by atoms with Crippen LogP contribution in [0.3, 0.4) is 0 Å². The van der Waals surface area contributed by atoms with Crippen molar-refractivity contribution in [3.05, 3.63) is 72.0 Å². The Morgan fingerprint density at radius 3 is 2.46 bits per heavy atom. The summed E-state index contributed by atoms with van der Waals surface area (Å²) in [7, 11) is 0. The number of carbonyl (C=O) groups is 1. The van der Waals surface area contributed by atoms with Gasteiger partial charge in [0.05, 0.1) is 6.26 Å². The first-order chi connectivity index (χ1) is 12.6. The minimum absolute atomic E-state index is 0.0556. The van der Waals surface area contributed by atoms with Gasteiger partial charge in [0.25, 0.3) is 0 Å². The molecule has 26 heavy (non-hydrogen) atoms. The van der Waals surface area contributed by atoms with E-state index in [0.29, 0.717) is 0 Å². The molecule has 0 spiro atoms. The second-order valence-corrected chi connectivity index (χ2v) is 7.29. The number of carbonyl (C=O) groups excluding carboxylic acids is 1. The van der Waals surface area contributed by atoms with Crippen molar-refractivity contribution in [2.45, 2.75) is 45.1 Å². The molecule has 2 heteroatoms. The van der Waals surface area contributed by atoms with Gasteiger partial charge >= 0.3 is 0 Å². The lowest BCUT2D eigenvalue weighted by atomic mass is 9.81. The third kappa shape index (κ3) is 3.01. The molecule has 1 heterocycles. The fourth-order valence-corrected chi connectivity index (χ4v) is 4.08. The van der Waals surface area contributed by atoms with E-state index in [-0.39, 0.29) is 11.9 Å². The molecule has 3 aromatic carbocycles. The Morgan fingerprint density at radius 1 is 0.923 bits per heavy atom. The van der Waals surface area contributed by atoms with E-state index in [0.717, 1.165) is 5.92 Å². The standard InChI is InChI=1S/C19H18.C5H6O2/c1-13-5-4-8-17-15(13)11-12-18-16-7-3-2-6-14(16)9-10-19(17)18;1-4-5(6)2-3-7-4/h2-3,6-7,9-13H,4-5,8H2,1H3;2-4H,1H3. The van der Waals surface area contributed by atoms with Gasteiger partial charge in [-0.25, -0.2) is 0 Å². The normalized spacial score (nSPS) is 21.2. The molecule has 0 aromatic heterocycles. The second kappa shape index (κ2) is 6.95. The third-order valence-corrected chi connectivity index (χ3v) is 5.58. The van der Waals surface area contributed by atoms with Gasteiger partial charge in [0, 0.05) is 6.08 Å². The first kappa shape index (κ1) is 16.8. The topological polar surface area (TPSA) is 26.3 Å². The minimum atomic E-state index is -0.236. The van der Waals surface area contributed by atoms with Crippen LogP contribution in [0.5, 0.6) is 0 Å². The summed E-state index contributed by atoms with van der Waals surface area (Å²) < 4.78 is 4.73. The Hall–Kier alpha value is -2.61. The monoisotopic (exact) mass is 344 g/mol. The minimum Gasteiger partial charge on any atom is -0.490 e. The SMILES string of the molecule is CC1CCCc2c1ccc1c2ccc2ccccc21.CC1OC=CC1=O. The quantitative estimate of drug-likeness (QED) is 0.473. The van der Waals surface area contributed by atoms with E-state index >= 15 is 0 Å². The van der Waals surface area contributed by atoms with E-state index in [1.807, 2.05) is 0 Å². The largest absolute Gasteiger partial charge is 0.490 e. The molecule has 132 valence electrons. The lowest BCUT2D eigenvalue weighted by Gasteiger charge is -2.24. The average molecular weight is 344 g/mol. The summed E-state index contributed by atoms with van der Waals surface area (Å²) in [5.41, 5.74) is 3.18. The van der Waals surface area contributed by atoms with Crippen LogP contribution < -0.4 is 0 Å². The van der Waals surface area contributed by atoms with E-state index < -0.39 is 0 Å². The predicted octanol–water partition coefficient (Wildman–Crippen LogP) is 5.92. The van der Waals surface area contributed by atoms with Gasteiger partial charge < -0.3 is 4.74 Å². The maximum absolute atomic E-state index is 10.4. The van der Waals surface area contributed by atoms with Gasteiger partial charge in [0.1, 0.15) is 0 Å². The molecule has 2 aliphatic rings. The zero-order valence-corrected chi connectivity index (χ0v) is 15.4. The molecule has 1 aliphatic carbocycles. The predicted molar refractivity (Wildman–Crippen MR) is 108 cm³/mol. The van der Waals surface area contributed by atoms with Crippen molar-refractivity contribution in [2.75, 3.05) is 0 Å². The number of fused-ring (bicyclic) bond motifs is 5. The molecule has 0 bridgehead atoms. The molecule has 0 saturated heterocycles. The zero-order chi connectivity index (χ0) is 18.1. The summed E-state index contributed by atoms with van der Waals surface area (Å²) in [5.74, 6) is 0.777. The van der Waals surface area contributed by atoms with Crippen molar-refractivity contribution in [2.24, 2.45) is 0 Å². The number of rotatable bonds is 0. The summed E-state index contributed by atoms with van der Waals surface area (Å²) in [6.45, 7) is 4.09. The lowest BCUT2D eigenvalue weighted by Crippen LogP contribution is -2.09. The fourth-order valence-electron chi connectivity index (χ4n) is 4.08. The van der Waals surface area contributed by atoms with Gasteiger partial charge in [0.15, 0.2) is 11.9 Å². The number of hydrogen-bond acceptors (Lipinski definition) is 2. The maximum Gasteiger partial charge on any atom is 0.198 e. The first-order valence-electron chi connectivity index (χ1n) is 9.44. The Bertz CT molecular complexity index is 1000. The molecule has 5 rings (SSSR count). The van der Waals surface area contributed by atoms with Gasteiger partial charge in [-0.15, -0.1) is 0 Å². The summed E-state index contributed by atoms with van der Waals surface area (Å²) in [5, 5.41) is 5.63. The number of benzene rings is 3. The van der Waals surface area contributed by atoms with Crippen LogP contribution in [-0.2, 0) is 16.0 Å². The smallest absolute Gasteiger partial charge is 0.198 e. The van der Waals surface area contributed by atoms with Crippen molar-refractivity contribution >= 4 is 27.3 Å². The summed E-state index contributed by atoms with van der Waals surface area (Å²) in [4.78, 5) is 10.4. The zero-order valence-electron chi connectivity index (χ0n) is 15.4. The van der Waals surface area contributed by atoms with E-state index in [1.165, 1.54) is 53.1 Å². The molecule has 1 aliphatic heterocycles. The lowest BCUT2D eigenvalue weighted by molar-refractivity contribution is -0.119. The van der Waals surface area contributed by atoms with Crippen LogP contribution in [0.15, 0.2) is 60.9 Å². The Labute approximate surface area is 154 Å².